The normalized spacial score (nSPS) is 25.1. The van der Waals surface area contributed by atoms with Gasteiger partial charge < -0.3 is 9.84 Å². The Morgan fingerprint density at radius 1 is 1.09 bits per heavy atom. The average Bonchev–Trinajstić information content (AvgIpc) is 3.54. The molecular weight excluding hydrogens is 450 g/mol. The number of carbonyl (C=O) groups is 1. The Morgan fingerprint density at radius 2 is 1.85 bits per heavy atom. The van der Waals surface area contributed by atoms with Crippen molar-refractivity contribution < 1.29 is 23.1 Å². The zero-order chi connectivity index (χ0) is 23.8. The second-order valence-electron chi connectivity index (χ2n) is 9.34. The van der Waals surface area contributed by atoms with Crippen molar-refractivity contribution in [2.75, 3.05) is 0 Å². The van der Waals surface area contributed by atoms with E-state index in [4.69, 9.17) is 9.84 Å². The van der Waals surface area contributed by atoms with Crippen LogP contribution in [0.25, 0.3) is 0 Å². The monoisotopic (exact) mass is 471 g/mol. The minimum atomic E-state index is -3.70. The highest BCUT2D eigenvalue weighted by Crippen LogP contribution is 2.54. The summed E-state index contributed by atoms with van der Waals surface area (Å²) in [6, 6.07) is 18.3. The van der Waals surface area contributed by atoms with Gasteiger partial charge in [0.15, 0.2) is 0 Å². The number of fused-ring (bicyclic) bond motifs is 2. The molecule has 34 heavy (non-hydrogen) atoms. The summed E-state index contributed by atoms with van der Waals surface area (Å²) in [7, 11) is -3.70. The molecule has 3 aromatic carbocycles. The van der Waals surface area contributed by atoms with E-state index in [-0.39, 0.29) is 23.9 Å². The van der Waals surface area contributed by atoms with Crippen molar-refractivity contribution in [3.8, 4) is 11.8 Å². The third-order valence-corrected chi connectivity index (χ3v) is 9.34. The first-order valence-corrected chi connectivity index (χ1v) is 12.7. The first kappa shape index (κ1) is 20.9. The number of hydrogen-bond donors (Lipinski definition) is 1. The average molecular weight is 472 g/mol. The fourth-order valence-electron chi connectivity index (χ4n) is 5.70. The fraction of sp³-hybridized carbons (Fsp3) is 0.259. The molecule has 2 aliphatic carbocycles. The molecule has 7 heteroatoms. The summed E-state index contributed by atoms with van der Waals surface area (Å²) in [5.41, 5.74) is 4.33. The Hall–Kier alpha value is -3.63. The van der Waals surface area contributed by atoms with Gasteiger partial charge >= 0.3 is 5.97 Å². The zero-order valence-corrected chi connectivity index (χ0v) is 19.2. The van der Waals surface area contributed by atoms with Gasteiger partial charge in [0.2, 0.25) is 9.84 Å². The molecule has 3 aromatic rings. The van der Waals surface area contributed by atoms with Crippen LogP contribution in [-0.2, 0) is 14.6 Å². The van der Waals surface area contributed by atoms with Crippen LogP contribution in [0.2, 0.25) is 0 Å². The van der Waals surface area contributed by atoms with Crippen LogP contribution in [0, 0.1) is 24.2 Å². The van der Waals surface area contributed by atoms with Crippen molar-refractivity contribution in [1.29, 1.82) is 5.26 Å². The molecule has 1 heterocycles. The van der Waals surface area contributed by atoms with Gasteiger partial charge in [0.1, 0.15) is 11.9 Å². The summed E-state index contributed by atoms with van der Waals surface area (Å²) in [5, 5.41) is 18.6. The van der Waals surface area contributed by atoms with Gasteiger partial charge in [0, 0.05) is 5.92 Å². The number of nitriles is 1. The van der Waals surface area contributed by atoms with E-state index in [1.54, 1.807) is 31.2 Å². The molecule has 1 aliphatic heterocycles. The molecule has 0 amide bonds. The van der Waals surface area contributed by atoms with Crippen LogP contribution in [0.15, 0.2) is 64.4 Å². The van der Waals surface area contributed by atoms with Crippen molar-refractivity contribution in [3.63, 3.8) is 0 Å². The quantitative estimate of drug-likeness (QED) is 0.583. The Bertz CT molecular complexity index is 1520. The van der Waals surface area contributed by atoms with E-state index in [1.165, 1.54) is 0 Å². The molecule has 3 aliphatic rings. The number of nitrogens with zero attached hydrogens (tertiary/aromatic N) is 1. The summed E-state index contributed by atoms with van der Waals surface area (Å²) in [4.78, 5) is 11.8. The van der Waals surface area contributed by atoms with Gasteiger partial charge in [-0.2, -0.15) is 5.26 Å². The van der Waals surface area contributed by atoms with E-state index < -0.39 is 15.8 Å². The Morgan fingerprint density at radius 3 is 2.53 bits per heavy atom. The minimum Gasteiger partial charge on any atom is -0.486 e. The number of hydrogen-bond acceptors (Lipinski definition) is 5. The Kier molecular flexibility index (Phi) is 4.42. The summed E-state index contributed by atoms with van der Waals surface area (Å²) >= 11 is 0. The zero-order valence-electron chi connectivity index (χ0n) is 18.4. The maximum Gasteiger partial charge on any atom is 0.307 e. The topological polar surface area (TPSA) is 104 Å². The fourth-order valence-corrected chi connectivity index (χ4v) is 7.72. The van der Waals surface area contributed by atoms with Crippen molar-refractivity contribution in [3.05, 3.63) is 88.0 Å². The van der Waals surface area contributed by atoms with Gasteiger partial charge in [-0.15, -0.1) is 0 Å². The van der Waals surface area contributed by atoms with Crippen molar-refractivity contribution in [2.45, 2.75) is 47.5 Å². The largest absolute Gasteiger partial charge is 0.486 e. The van der Waals surface area contributed by atoms with Crippen LogP contribution in [0.4, 0.5) is 0 Å². The molecule has 0 aromatic heterocycles. The van der Waals surface area contributed by atoms with E-state index in [0.29, 0.717) is 45.1 Å². The number of aliphatic carboxylic acids is 1. The van der Waals surface area contributed by atoms with Crippen LogP contribution in [0.3, 0.4) is 0 Å². The summed E-state index contributed by atoms with van der Waals surface area (Å²) in [5.74, 6) is -0.520. The minimum absolute atomic E-state index is 0.0547. The van der Waals surface area contributed by atoms with Crippen LogP contribution in [0.1, 0.15) is 64.2 Å². The molecule has 1 N–H and O–H groups in total. The Labute approximate surface area is 197 Å². The highest BCUT2D eigenvalue weighted by atomic mass is 32.2. The number of carboxylic acid groups (broad SMARTS) is 1. The number of carboxylic acids is 1. The molecular formula is C27H21NO5S. The predicted octanol–water partition coefficient (Wildman–Crippen LogP) is 4.86. The molecule has 0 radical (unpaired) electrons. The first-order valence-electron chi connectivity index (χ1n) is 11.2. The molecule has 0 saturated heterocycles. The first-order chi connectivity index (χ1) is 16.3. The van der Waals surface area contributed by atoms with Crippen molar-refractivity contribution >= 4 is 15.8 Å². The number of rotatable bonds is 4. The number of benzene rings is 3. The molecule has 6 nitrogen and oxygen atoms in total. The van der Waals surface area contributed by atoms with E-state index in [2.05, 4.69) is 6.07 Å². The van der Waals surface area contributed by atoms with Crippen LogP contribution in [0.5, 0.6) is 5.75 Å². The maximum absolute atomic E-state index is 13.5. The van der Waals surface area contributed by atoms with Gasteiger partial charge in [-0.05, 0) is 83.8 Å². The standard InChI is InChI=1S/C27H21NO5S/c1-14-9-15(13-28)10-21-20-12-23(18-3-2-4-24(25(18)20)34(31,32)26(14)21)33-17-7-5-16(6-8-17)19-11-22(19)27(29)30/h2-10,19-20,22-23H,11-12H2,1H3,(H,29,30). The predicted molar refractivity (Wildman–Crippen MR) is 123 cm³/mol. The highest BCUT2D eigenvalue weighted by Gasteiger charge is 2.46. The summed E-state index contributed by atoms with van der Waals surface area (Å²) in [6.45, 7) is 1.74. The lowest BCUT2D eigenvalue weighted by Crippen LogP contribution is -2.19. The van der Waals surface area contributed by atoms with Gasteiger partial charge in [-0.3, -0.25) is 4.79 Å². The van der Waals surface area contributed by atoms with Crippen LogP contribution >= 0.6 is 0 Å². The van der Waals surface area contributed by atoms with E-state index in [1.807, 2.05) is 30.3 Å². The molecule has 1 saturated carbocycles. The molecule has 0 spiro atoms. The maximum atomic E-state index is 13.5. The van der Waals surface area contributed by atoms with Crippen LogP contribution < -0.4 is 4.74 Å². The lowest BCUT2D eigenvalue weighted by atomic mass is 9.90. The lowest BCUT2D eigenvalue weighted by molar-refractivity contribution is -0.138. The molecule has 4 unspecified atom stereocenters. The van der Waals surface area contributed by atoms with Gasteiger partial charge in [0.05, 0.1) is 27.3 Å². The smallest absolute Gasteiger partial charge is 0.307 e. The van der Waals surface area contributed by atoms with E-state index >= 15 is 0 Å². The third-order valence-electron chi connectivity index (χ3n) is 7.31. The van der Waals surface area contributed by atoms with E-state index in [0.717, 1.165) is 16.7 Å². The summed E-state index contributed by atoms with van der Waals surface area (Å²) in [6.07, 6.45) is 0.911. The molecule has 4 atom stereocenters. The molecule has 6 rings (SSSR count). The second-order valence-corrected chi connectivity index (χ2v) is 11.2. The molecule has 170 valence electrons. The summed E-state index contributed by atoms with van der Waals surface area (Å²) < 4.78 is 33.4. The number of sulfone groups is 1. The molecule has 1 fully saturated rings. The number of aryl methyl sites for hydroxylation is 1. The molecule has 0 bridgehead atoms. The lowest BCUT2D eigenvalue weighted by Gasteiger charge is -2.26. The second kappa shape index (κ2) is 7.18. The van der Waals surface area contributed by atoms with Crippen molar-refractivity contribution in [2.24, 2.45) is 5.92 Å². The van der Waals surface area contributed by atoms with Gasteiger partial charge in [0.25, 0.3) is 0 Å². The van der Waals surface area contributed by atoms with Crippen molar-refractivity contribution in [1.82, 2.24) is 0 Å². The van der Waals surface area contributed by atoms with Gasteiger partial charge in [-0.25, -0.2) is 8.42 Å². The SMILES string of the molecule is Cc1cc(C#N)cc2c1S(=O)(=O)c1cccc3c1C2CC3Oc1ccc(C2CC2C(=O)O)cc1. The van der Waals surface area contributed by atoms with E-state index in [9.17, 15) is 18.5 Å². The Balaban J connectivity index is 1.37. The van der Waals surface area contributed by atoms with Gasteiger partial charge in [-0.1, -0.05) is 24.3 Å². The van der Waals surface area contributed by atoms with Crippen LogP contribution in [-0.4, -0.2) is 19.5 Å². The highest BCUT2D eigenvalue weighted by molar-refractivity contribution is 7.91. The number of ether oxygens (including phenoxy) is 1. The third kappa shape index (κ3) is 2.99.